The highest BCUT2D eigenvalue weighted by atomic mass is 16.5. The van der Waals surface area contributed by atoms with Gasteiger partial charge in [0.2, 0.25) is 0 Å². The molecule has 0 saturated carbocycles. The van der Waals surface area contributed by atoms with Crippen LogP contribution in [0.3, 0.4) is 0 Å². The van der Waals surface area contributed by atoms with Crippen LogP contribution < -0.4 is 10.5 Å². The molecule has 0 radical (unpaired) electrons. The average molecular weight is 205 g/mol. The summed E-state index contributed by atoms with van der Waals surface area (Å²) in [5.74, 6) is 1.06. The Morgan fingerprint density at radius 1 is 1.40 bits per heavy atom. The van der Waals surface area contributed by atoms with E-state index in [2.05, 4.69) is 32.0 Å². The van der Waals surface area contributed by atoms with E-state index in [1.54, 1.807) is 0 Å². The van der Waals surface area contributed by atoms with Gasteiger partial charge in [-0.15, -0.1) is 0 Å². The molecule has 0 saturated heterocycles. The van der Waals surface area contributed by atoms with Crippen LogP contribution in [0, 0.1) is 0 Å². The first-order chi connectivity index (χ1) is 7.11. The summed E-state index contributed by atoms with van der Waals surface area (Å²) in [7, 11) is 0. The first kappa shape index (κ1) is 10.5. The fourth-order valence-corrected chi connectivity index (χ4v) is 2.09. The molecular weight excluding hydrogens is 186 g/mol. The minimum absolute atomic E-state index is 0.0329. The molecule has 0 amide bonds. The highest BCUT2D eigenvalue weighted by Crippen LogP contribution is 2.35. The molecule has 2 N–H and O–H groups in total. The zero-order valence-corrected chi connectivity index (χ0v) is 9.55. The van der Waals surface area contributed by atoms with Gasteiger partial charge in [0, 0.05) is 6.42 Å². The molecule has 2 nitrogen and oxygen atoms in total. The summed E-state index contributed by atoms with van der Waals surface area (Å²) in [6, 6.07) is 6.55. The van der Waals surface area contributed by atoms with E-state index in [0.717, 1.165) is 31.6 Å². The summed E-state index contributed by atoms with van der Waals surface area (Å²) in [4.78, 5) is 0. The fourth-order valence-electron chi connectivity index (χ4n) is 2.09. The second-order valence-corrected chi connectivity index (χ2v) is 4.87. The number of nitrogens with two attached hydrogens (primary N) is 1. The van der Waals surface area contributed by atoms with Gasteiger partial charge in [0.15, 0.2) is 0 Å². The van der Waals surface area contributed by atoms with Crippen molar-refractivity contribution in [3.63, 3.8) is 0 Å². The summed E-state index contributed by atoms with van der Waals surface area (Å²) in [5, 5.41) is 0. The molecule has 0 aromatic heterocycles. The van der Waals surface area contributed by atoms with E-state index in [1.807, 2.05) is 0 Å². The van der Waals surface area contributed by atoms with Crippen molar-refractivity contribution in [1.82, 2.24) is 0 Å². The van der Waals surface area contributed by atoms with E-state index in [4.69, 9.17) is 10.5 Å². The molecule has 0 aliphatic carbocycles. The van der Waals surface area contributed by atoms with Crippen LogP contribution in [0.5, 0.6) is 5.75 Å². The van der Waals surface area contributed by atoms with Crippen LogP contribution in [0.25, 0.3) is 0 Å². The second kappa shape index (κ2) is 3.86. The van der Waals surface area contributed by atoms with Crippen molar-refractivity contribution in [2.45, 2.75) is 38.7 Å². The number of ether oxygens (including phenoxy) is 1. The third-order valence-corrected chi connectivity index (χ3v) is 2.80. The van der Waals surface area contributed by atoms with Crippen molar-refractivity contribution >= 4 is 0 Å². The van der Waals surface area contributed by atoms with Crippen molar-refractivity contribution in [2.75, 3.05) is 6.54 Å². The van der Waals surface area contributed by atoms with Crippen LogP contribution in [0.15, 0.2) is 18.2 Å². The smallest absolute Gasteiger partial charge is 0.123 e. The zero-order valence-electron chi connectivity index (χ0n) is 9.55. The molecule has 2 heteroatoms. The summed E-state index contributed by atoms with van der Waals surface area (Å²) in [5.41, 5.74) is 8.13. The summed E-state index contributed by atoms with van der Waals surface area (Å²) in [6.07, 6.45) is 3.11. The lowest BCUT2D eigenvalue weighted by molar-refractivity contribution is 0.138. The second-order valence-electron chi connectivity index (χ2n) is 4.87. The normalized spacial score (nSPS) is 17.3. The Hall–Kier alpha value is -1.02. The van der Waals surface area contributed by atoms with Crippen molar-refractivity contribution in [3.8, 4) is 5.75 Å². The molecule has 1 aromatic rings. The van der Waals surface area contributed by atoms with Gasteiger partial charge in [-0.3, -0.25) is 0 Å². The molecule has 0 fully saturated rings. The summed E-state index contributed by atoms with van der Waals surface area (Å²) >= 11 is 0. The molecule has 82 valence electrons. The van der Waals surface area contributed by atoms with Crippen LogP contribution in [-0.2, 0) is 12.8 Å². The Kier molecular flexibility index (Phi) is 2.70. The van der Waals surface area contributed by atoms with Gasteiger partial charge >= 0.3 is 0 Å². The molecule has 0 unspecified atom stereocenters. The lowest BCUT2D eigenvalue weighted by atomic mass is 10.00. The third-order valence-electron chi connectivity index (χ3n) is 2.80. The largest absolute Gasteiger partial charge is 0.487 e. The SMILES string of the molecule is CC1(C)Cc2ccc(CCCN)cc2O1. The van der Waals surface area contributed by atoms with Crippen LogP contribution >= 0.6 is 0 Å². The summed E-state index contributed by atoms with van der Waals surface area (Å²) < 4.78 is 5.88. The standard InChI is InChI=1S/C13H19NO/c1-13(2)9-11-6-5-10(4-3-7-14)8-12(11)15-13/h5-6,8H,3-4,7,9,14H2,1-2H3. The number of aryl methyl sites for hydroxylation is 1. The third kappa shape index (κ3) is 2.32. The summed E-state index contributed by atoms with van der Waals surface area (Å²) in [6.45, 7) is 5.02. The van der Waals surface area contributed by atoms with E-state index in [-0.39, 0.29) is 5.60 Å². The van der Waals surface area contributed by atoms with E-state index >= 15 is 0 Å². The monoisotopic (exact) mass is 205 g/mol. The van der Waals surface area contributed by atoms with Crippen molar-refractivity contribution in [1.29, 1.82) is 0 Å². The molecule has 0 bridgehead atoms. The maximum Gasteiger partial charge on any atom is 0.123 e. The van der Waals surface area contributed by atoms with Crippen LogP contribution in [0.4, 0.5) is 0 Å². The van der Waals surface area contributed by atoms with Gasteiger partial charge in [-0.05, 0) is 50.4 Å². The van der Waals surface area contributed by atoms with Crippen LogP contribution in [0.2, 0.25) is 0 Å². The Labute approximate surface area is 91.4 Å². The number of hydrogen-bond acceptors (Lipinski definition) is 2. The predicted molar refractivity (Wildman–Crippen MR) is 62.2 cm³/mol. The molecule has 0 atom stereocenters. The van der Waals surface area contributed by atoms with Gasteiger partial charge in [0.1, 0.15) is 11.4 Å². The molecule has 1 aliphatic heterocycles. The molecule has 15 heavy (non-hydrogen) atoms. The molecule has 0 spiro atoms. The van der Waals surface area contributed by atoms with E-state index in [1.165, 1.54) is 11.1 Å². The van der Waals surface area contributed by atoms with E-state index in [0.29, 0.717) is 0 Å². The van der Waals surface area contributed by atoms with Gasteiger partial charge in [-0.1, -0.05) is 12.1 Å². The number of benzene rings is 1. The average Bonchev–Trinajstić information content (AvgIpc) is 2.47. The highest BCUT2D eigenvalue weighted by Gasteiger charge is 2.29. The lowest BCUT2D eigenvalue weighted by Crippen LogP contribution is -2.24. The zero-order chi connectivity index (χ0) is 10.9. The topological polar surface area (TPSA) is 35.2 Å². The predicted octanol–water partition coefficient (Wildman–Crippen LogP) is 2.29. The number of hydrogen-bond donors (Lipinski definition) is 1. The maximum absolute atomic E-state index is 5.88. The van der Waals surface area contributed by atoms with Gasteiger partial charge in [-0.2, -0.15) is 0 Å². The molecule has 1 aliphatic rings. The number of rotatable bonds is 3. The minimum Gasteiger partial charge on any atom is -0.487 e. The van der Waals surface area contributed by atoms with Crippen LogP contribution in [-0.4, -0.2) is 12.1 Å². The van der Waals surface area contributed by atoms with Crippen molar-refractivity contribution in [2.24, 2.45) is 5.73 Å². The molecule has 1 aromatic carbocycles. The quantitative estimate of drug-likeness (QED) is 0.821. The first-order valence-corrected chi connectivity index (χ1v) is 5.62. The Bertz CT molecular complexity index is 358. The maximum atomic E-state index is 5.88. The van der Waals surface area contributed by atoms with Crippen molar-refractivity contribution < 1.29 is 4.74 Å². The lowest BCUT2D eigenvalue weighted by Gasteiger charge is -2.16. The Morgan fingerprint density at radius 3 is 2.93 bits per heavy atom. The molecule has 1 heterocycles. The van der Waals surface area contributed by atoms with Crippen LogP contribution in [0.1, 0.15) is 31.4 Å². The van der Waals surface area contributed by atoms with Gasteiger partial charge in [0.25, 0.3) is 0 Å². The Morgan fingerprint density at radius 2 is 2.20 bits per heavy atom. The van der Waals surface area contributed by atoms with Crippen molar-refractivity contribution in [3.05, 3.63) is 29.3 Å². The van der Waals surface area contributed by atoms with E-state index in [9.17, 15) is 0 Å². The Balaban J connectivity index is 2.15. The minimum atomic E-state index is -0.0329. The fraction of sp³-hybridized carbons (Fsp3) is 0.538. The van der Waals surface area contributed by atoms with Gasteiger partial charge in [-0.25, -0.2) is 0 Å². The van der Waals surface area contributed by atoms with Gasteiger partial charge in [0.05, 0.1) is 0 Å². The first-order valence-electron chi connectivity index (χ1n) is 5.62. The number of fused-ring (bicyclic) bond motifs is 1. The van der Waals surface area contributed by atoms with E-state index < -0.39 is 0 Å². The molecular formula is C13H19NO. The highest BCUT2D eigenvalue weighted by molar-refractivity contribution is 5.42. The molecule has 2 rings (SSSR count). The van der Waals surface area contributed by atoms with Gasteiger partial charge < -0.3 is 10.5 Å².